The Hall–Kier alpha value is -2.67. The lowest BCUT2D eigenvalue weighted by Gasteiger charge is -2.05. The molecule has 3 aromatic rings. The Morgan fingerprint density at radius 2 is 1.19 bits per heavy atom. The number of benzene rings is 3. The van der Waals surface area contributed by atoms with Crippen molar-refractivity contribution in [2.45, 2.75) is 6.42 Å². The van der Waals surface area contributed by atoms with Crippen LogP contribution in [-0.2, 0) is 6.42 Å². The van der Waals surface area contributed by atoms with Gasteiger partial charge in [-0.05, 0) is 23.6 Å². The largest absolute Gasteiger partial charge is 0.289 e. The molecule has 0 spiro atoms. The van der Waals surface area contributed by atoms with E-state index in [4.69, 9.17) is 0 Å². The molecule has 0 saturated carbocycles. The summed E-state index contributed by atoms with van der Waals surface area (Å²) in [6, 6.07) is 27.6. The van der Waals surface area contributed by atoms with Gasteiger partial charge in [0.2, 0.25) is 0 Å². The quantitative estimate of drug-likeness (QED) is 0.639. The predicted octanol–water partition coefficient (Wildman–Crippen LogP) is 4.51. The van der Waals surface area contributed by atoms with Crippen LogP contribution in [0, 0.1) is 0 Å². The van der Waals surface area contributed by atoms with Crippen molar-refractivity contribution in [2.24, 2.45) is 0 Å². The molecule has 0 N–H and O–H groups in total. The molecule has 0 aromatic heterocycles. The third-order valence-electron chi connectivity index (χ3n) is 3.48. The van der Waals surface area contributed by atoms with Gasteiger partial charge in [0.1, 0.15) is 0 Å². The highest BCUT2D eigenvalue weighted by molar-refractivity contribution is 6.09. The van der Waals surface area contributed by atoms with Gasteiger partial charge in [-0.25, -0.2) is 0 Å². The monoisotopic (exact) mass is 272 g/mol. The Balaban J connectivity index is 1.85. The Kier molecular flexibility index (Phi) is 3.92. The van der Waals surface area contributed by atoms with E-state index in [0.717, 1.165) is 23.1 Å². The summed E-state index contributed by atoms with van der Waals surface area (Å²) < 4.78 is 0. The maximum atomic E-state index is 12.5. The summed E-state index contributed by atoms with van der Waals surface area (Å²) in [5.74, 6) is 0.0745. The fourth-order valence-electron chi connectivity index (χ4n) is 2.41. The van der Waals surface area contributed by atoms with Gasteiger partial charge in [-0.3, -0.25) is 4.79 Å². The highest BCUT2D eigenvalue weighted by atomic mass is 16.1. The smallest absolute Gasteiger partial charge is 0.193 e. The van der Waals surface area contributed by atoms with Gasteiger partial charge in [0.15, 0.2) is 5.78 Å². The van der Waals surface area contributed by atoms with Crippen molar-refractivity contribution in [3.05, 3.63) is 107 Å². The highest BCUT2D eigenvalue weighted by Gasteiger charge is 2.08. The Morgan fingerprint density at radius 3 is 1.90 bits per heavy atom. The molecule has 0 aliphatic heterocycles. The minimum Gasteiger partial charge on any atom is -0.289 e. The molecule has 21 heavy (non-hydrogen) atoms. The molecule has 1 nitrogen and oxygen atoms in total. The average Bonchev–Trinajstić information content (AvgIpc) is 2.56. The Morgan fingerprint density at radius 1 is 0.619 bits per heavy atom. The van der Waals surface area contributed by atoms with Gasteiger partial charge in [-0.15, -0.1) is 0 Å². The SMILES string of the molecule is O=C(c1ccccc1)c1cccc(Cc2ccccc2)c1. The minimum absolute atomic E-state index is 0.0745. The predicted molar refractivity (Wildman–Crippen MR) is 85.6 cm³/mol. The summed E-state index contributed by atoms with van der Waals surface area (Å²) in [7, 11) is 0. The molecular weight excluding hydrogens is 256 g/mol. The minimum atomic E-state index is 0.0745. The van der Waals surface area contributed by atoms with Crippen molar-refractivity contribution < 1.29 is 4.79 Å². The zero-order valence-corrected chi connectivity index (χ0v) is 11.7. The topological polar surface area (TPSA) is 17.1 Å². The zero-order chi connectivity index (χ0) is 14.5. The van der Waals surface area contributed by atoms with Crippen LogP contribution in [-0.4, -0.2) is 5.78 Å². The Labute approximate surface area is 124 Å². The number of hydrogen-bond acceptors (Lipinski definition) is 1. The number of hydrogen-bond donors (Lipinski definition) is 0. The molecular formula is C20H16O. The second kappa shape index (κ2) is 6.19. The van der Waals surface area contributed by atoms with Crippen LogP contribution in [0.2, 0.25) is 0 Å². The zero-order valence-electron chi connectivity index (χ0n) is 11.7. The number of carbonyl (C=O) groups is 1. The summed E-state index contributed by atoms with van der Waals surface area (Å²) >= 11 is 0. The van der Waals surface area contributed by atoms with Crippen LogP contribution in [0.25, 0.3) is 0 Å². The van der Waals surface area contributed by atoms with E-state index in [2.05, 4.69) is 18.2 Å². The molecule has 102 valence electrons. The van der Waals surface area contributed by atoms with Gasteiger partial charge in [0.05, 0.1) is 0 Å². The van der Waals surface area contributed by atoms with Crippen molar-refractivity contribution in [3.8, 4) is 0 Å². The normalized spacial score (nSPS) is 10.3. The van der Waals surface area contributed by atoms with Gasteiger partial charge >= 0.3 is 0 Å². The van der Waals surface area contributed by atoms with E-state index in [0.29, 0.717) is 0 Å². The maximum absolute atomic E-state index is 12.5. The first-order valence-electron chi connectivity index (χ1n) is 7.05. The van der Waals surface area contributed by atoms with Crippen LogP contribution < -0.4 is 0 Å². The fourth-order valence-corrected chi connectivity index (χ4v) is 2.41. The van der Waals surface area contributed by atoms with Gasteiger partial charge in [-0.1, -0.05) is 78.9 Å². The van der Waals surface area contributed by atoms with Crippen molar-refractivity contribution in [1.29, 1.82) is 0 Å². The average molecular weight is 272 g/mol. The van der Waals surface area contributed by atoms with Crippen LogP contribution >= 0.6 is 0 Å². The molecule has 0 amide bonds. The van der Waals surface area contributed by atoms with E-state index in [9.17, 15) is 4.79 Å². The first-order valence-corrected chi connectivity index (χ1v) is 7.05. The van der Waals surface area contributed by atoms with Gasteiger partial charge in [0, 0.05) is 11.1 Å². The van der Waals surface area contributed by atoms with E-state index in [1.165, 1.54) is 5.56 Å². The van der Waals surface area contributed by atoms with E-state index in [1.54, 1.807) is 0 Å². The molecule has 0 aliphatic carbocycles. The lowest BCUT2D eigenvalue weighted by molar-refractivity contribution is 0.103. The third-order valence-corrected chi connectivity index (χ3v) is 3.48. The van der Waals surface area contributed by atoms with Crippen LogP contribution in [0.4, 0.5) is 0 Å². The van der Waals surface area contributed by atoms with Crippen LogP contribution in [0.5, 0.6) is 0 Å². The van der Waals surface area contributed by atoms with Gasteiger partial charge < -0.3 is 0 Å². The van der Waals surface area contributed by atoms with Crippen molar-refractivity contribution >= 4 is 5.78 Å². The first-order chi connectivity index (χ1) is 10.3. The molecule has 0 fully saturated rings. The lowest BCUT2D eigenvalue weighted by Crippen LogP contribution is -2.01. The number of ketones is 1. The van der Waals surface area contributed by atoms with Crippen LogP contribution in [0.3, 0.4) is 0 Å². The first kappa shape index (κ1) is 13.3. The van der Waals surface area contributed by atoms with Crippen LogP contribution in [0.1, 0.15) is 27.0 Å². The maximum Gasteiger partial charge on any atom is 0.193 e. The van der Waals surface area contributed by atoms with E-state index < -0.39 is 0 Å². The van der Waals surface area contributed by atoms with Crippen molar-refractivity contribution in [3.63, 3.8) is 0 Å². The molecule has 0 atom stereocenters. The van der Waals surface area contributed by atoms with Crippen molar-refractivity contribution in [1.82, 2.24) is 0 Å². The second-order valence-corrected chi connectivity index (χ2v) is 5.06. The van der Waals surface area contributed by atoms with Gasteiger partial charge in [0.25, 0.3) is 0 Å². The molecule has 0 bridgehead atoms. The summed E-state index contributed by atoms with van der Waals surface area (Å²) in [5, 5.41) is 0. The van der Waals surface area contributed by atoms with Crippen LogP contribution in [0.15, 0.2) is 84.9 Å². The Bertz CT molecular complexity index is 730. The van der Waals surface area contributed by atoms with E-state index in [1.807, 2.05) is 66.7 Å². The molecule has 1 heteroatoms. The molecule has 3 rings (SSSR count). The van der Waals surface area contributed by atoms with E-state index >= 15 is 0 Å². The summed E-state index contributed by atoms with van der Waals surface area (Å²) in [5.41, 5.74) is 3.88. The molecule has 0 heterocycles. The fraction of sp³-hybridized carbons (Fsp3) is 0.0500. The summed E-state index contributed by atoms with van der Waals surface area (Å²) in [6.07, 6.45) is 0.844. The number of rotatable bonds is 4. The number of carbonyl (C=O) groups excluding carboxylic acids is 1. The van der Waals surface area contributed by atoms with E-state index in [-0.39, 0.29) is 5.78 Å². The molecule has 0 saturated heterocycles. The standard InChI is InChI=1S/C20H16O/c21-20(18-11-5-2-6-12-18)19-13-7-10-17(15-19)14-16-8-3-1-4-9-16/h1-13,15H,14H2. The highest BCUT2D eigenvalue weighted by Crippen LogP contribution is 2.14. The molecule has 0 unspecified atom stereocenters. The molecule has 0 aliphatic rings. The van der Waals surface area contributed by atoms with Crippen molar-refractivity contribution in [2.75, 3.05) is 0 Å². The lowest BCUT2D eigenvalue weighted by atomic mass is 9.98. The molecule has 0 radical (unpaired) electrons. The summed E-state index contributed by atoms with van der Waals surface area (Å²) in [4.78, 5) is 12.5. The molecule has 3 aromatic carbocycles. The second-order valence-electron chi connectivity index (χ2n) is 5.06. The third kappa shape index (κ3) is 3.26. The van der Waals surface area contributed by atoms with Gasteiger partial charge in [-0.2, -0.15) is 0 Å². The summed E-state index contributed by atoms with van der Waals surface area (Å²) in [6.45, 7) is 0.